The lowest BCUT2D eigenvalue weighted by atomic mass is 10.0. The van der Waals surface area contributed by atoms with Gasteiger partial charge in [0.15, 0.2) is 0 Å². The van der Waals surface area contributed by atoms with E-state index in [4.69, 9.17) is 9.26 Å². The fraction of sp³-hybridized carbons (Fsp3) is 0.0833. The van der Waals surface area contributed by atoms with Crippen molar-refractivity contribution in [1.29, 1.82) is 0 Å². The zero-order valence-corrected chi connectivity index (χ0v) is 8.43. The first kappa shape index (κ1) is 9.52. The summed E-state index contributed by atoms with van der Waals surface area (Å²) in [5, 5.41) is 3.89. The van der Waals surface area contributed by atoms with Crippen molar-refractivity contribution < 1.29 is 9.26 Å². The van der Waals surface area contributed by atoms with Crippen LogP contribution in [0.1, 0.15) is 5.56 Å². The van der Waals surface area contributed by atoms with Gasteiger partial charge in [-0.15, -0.1) is 0 Å². The molecule has 0 aliphatic rings. The van der Waals surface area contributed by atoms with E-state index in [1.54, 1.807) is 19.4 Å². The first-order valence-corrected chi connectivity index (χ1v) is 4.56. The molecule has 3 nitrogen and oxygen atoms in total. The molecule has 0 radical (unpaired) electrons. The summed E-state index contributed by atoms with van der Waals surface area (Å²) >= 11 is 0. The van der Waals surface area contributed by atoms with E-state index in [0.29, 0.717) is 0 Å². The first-order valence-electron chi connectivity index (χ1n) is 4.56. The molecule has 1 heterocycles. The highest BCUT2D eigenvalue weighted by Crippen LogP contribution is 2.27. The summed E-state index contributed by atoms with van der Waals surface area (Å²) in [6.07, 6.45) is 3.32. The number of benzene rings is 1. The highest BCUT2D eigenvalue weighted by molar-refractivity contribution is 5.73. The molecule has 0 spiro atoms. The lowest BCUT2D eigenvalue weighted by Crippen LogP contribution is -1.87. The van der Waals surface area contributed by atoms with Gasteiger partial charge in [0.05, 0.1) is 7.11 Å². The predicted molar refractivity (Wildman–Crippen MR) is 58.6 cm³/mol. The van der Waals surface area contributed by atoms with E-state index in [1.807, 2.05) is 24.3 Å². The molecular formula is C12H11NO2. The Morgan fingerprint density at radius 1 is 1.40 bits per heavy atom. The van der Waals surface area contributed by atoms with Crippen molar-refractivity contribution in [1.82, 2.24) is 5.16 Å². The molecule has 76 valence electrons. The monoisotopic (exact) mass is 201 g/mol. The van der Waals surface area contributed by atoms with Gasteiger partial charge in [0.2, 0.25) is 0 Å². The molecule has 1 aromatic heterocycles. The fourth-order valence-electron chi connectivity index (χ4n) is 1.41. The number of methoxy groups -OCH3 is 1. The first-order chi connectivity index (χ1) is 7.35. The second-order valence-corrected chi connectivity index (χ2v) is 3.04. The van der Waals surface area contributed by atoms with Gasteiger partial charge in [-0.1, -0.05) is 23.9 Å². The van der Waals surface area contributed by atoms with Crippen LogP contribution in [0.4, 0.5) is 0 Å². The van der Waals surface area contributed by atoms with Crippen LogP contribution in [-0.4, -0.2) is 12.3 Å². The van der Waals surface area contributed by atoms with Crippen LogP contribution in [0.5, 0.6) is 5.75 Å². The van der Waals surface area contributed by atoms with Crippen molar-refractivity contribution in [3.63, 3.8) is 0 Å². The molecule has 0 bridgehead atoms. The van der Waals surface area contributed by atoms with Crippen molar-refractivity contribution in [2.75, 3.05) is 7.11 Å². The highest BCUT2D eigenvalue weighted by atomic mass is 16.5. The third-order valence-electron chi connectivity index (χ3n) is 2.19. The van der Waals surface area contributed by atoms with Crippen LogP contribution in [0.25, 0.3) is 17.3 Å². The minimum Gasteiger partial charge on any atom is -0.497 e. The molecule has 0 unspecified atom stereocenters. The molecule has 0 amide bonds. The van der Waals surface area contributed by atoms with Gasteiger partial charge >= 0.3 is 0 Å². The molecule has 1 aromatic carbocycles. The molecule has 0 atom stereocenters. The number of nitrogens with zero attached hydrogens (tertiary/aromatic N) is 1. The van der Waals surface area contributed by atoms with E-state index in [1.165, 1.54) is 0 Å². The van der Waals surface area contributed by atoms with Crippen molar-refractivity contribution in [3.8, 4) is 17.0 Å². The van der Waals surface area contributed by atoms with Crippen LogP contribution >= 0.6 is 0 Å². The van der Waals surface area contributed by atoms with Crippen molar-refractivity contribution in [2.24, 2.45) is 0 Å². The lowest BCUT2D eigenvalue weighted by Gasteiger charge is -2.05. The van der Waals surface area contributed by atoms with Gasteiger partial charge < -0.3 is 9.26 Å². The maximum absolute atomic E-state index is 5.16. The van der Waals surface area contributed by atoms with Crippen LogP contribution in [-0.2, 0) is 0 Å². The Morgan fingerprint density at radius 2 is 2.27 bits per heavy atom. The summed E-state index contributed by atoms with van der Waals surface area (Å²) in [4.78, 5) is 0. The molecular weight excluding hydrogens is 190 g/mol. The summed E-state index contributed by atoms with van der Waals surface area (Å²) in [6, 6.07) is 7.55. The van der Waals surface area contributed by atoms with Gasteiger partial charge in [-0.05, 0) is 17.7 Å². The normalized spacial score (nSPS) is 9.93. The summed E-state index contributed by atoms with van der Waals surface area (Å²) in [6.45, 7) is 3.76. The van der Waals surface area contributed by atoms with Gasteiger partial charge in [0, 0.05) is 11.6 Å². The lowest BCUT2D eigenvalue weighted by molar-refractivity contribution is 0.414. The van der Waals surface area contributed by atoms with Gasteiger partial charge in [-0.2, -0.15) is 0 Å². The Kier molecular flexibility index (Phi) is 2.54. The Labute approximate surface area is 88.0 Å². The molecule has 15 heavy (non-hydrogen) atoms. The van der Waals surface area contributed by atoms with Crippen molar-refractivity contribution in [3.05, 3.63) is 42.7 Å². The molecule has 0 aliphatic carbocycles. The summed E-state index contributed by atoms with van der Waals surface area (Å²) < 4.78 is 9.98. The largest absolute Gasteiger partial charge is 0.497 e. The minimum atomic E-state index is 0.781. The average Bonchev–Trinajstić information content (AvgIpc) is 2.81. The Hall–Kier alpha value is -2.03. The van der Waals surface area contributed by atoms with Crippen LogP contribution in [0.2, 0.25) is 0 Å². The quantitative estimate of drug-likeness (QED) is 0.765. The molecule has 0 aliphatic heterocycles. The van der Waals surface area contributed by atoms with Gasteiger partial charge in [-0.3, -0.25) is 0 Å². The van der Waals surface area contributed by atoms with Crippen LogP contribution < -0.4 is 4.74 Å². The second-order valence-electron chi connectivity index (χ2n) is 3.04. The average molecular weight is 201 g/mol. The smallest absolute Gasteiger partial charge is 0.124 e. The zero-order chi connectivity index (χ0) is 10.7. The SMILES string of the molecule is C=Cc1ccc(OC)cc1-c1ccon1. The molecule has 0 saturated carbocycles. The van der Waals surface area contributed by atoms with E-state index >= 15 is 0 Å². The number of hydrogen-bond acceptors (Lipinski definition) is 3. The van der Waals surface area contributed by atoms with Crippen LogP contribution in [0, 0.1) is 0 Å². The number of hydrogen-bond donors (Lipinski definition) is 0. The molecule has 2 aromatic rings. The van der Waals surface area contributed by atoms with Crippen molar-refractivity contribution >= 4 is 6.08 Å². The van der Waals surface area contributed by atoms with E-state index in [2.05, 4.69) is 11.7 Å². The Balaban J connectivity index is 2.56. The third-order valence-corrected chi connectivity index (χ3v) is 2.19. The summed E-state index contributed by atoms with van der Waals surface area (Å²) in [5.74, 6) is 0.790. The highest BCUT2D eigenvalue weighted by Gasteiger charge is 2.07. The molecule has 2 rings (SSSR count). The van der Waals surface area contributed by atoms with Crippen molar-refractivity contribution in [2.45, 2.75) is 0 Å². The van der Waals surface area contributed by atoms with Gasteiger partial charge in [-0.25, -0.2) is 0 Å². The zero-order valence-electron chi connectivity index (χ0n) is 8.43. The van der Waals surface area contributed by atoms with E-state index in [9.17, 15) is 0 Å². The molecule has 3 heteroatoms. The molecule has 0 saturated heterocycles. The number of aromatic nitrogens is 1. The standard InChI is InChI=1S/C12H11NO2/c1-3-9-4-5-10(14-2)8-11(9)12-6-7-15-13-12/h3-8H,1H2,2H3. The summed E-state index contributed by atoms with van der Waals surface area (Å²) in [5.41, 5.74) is 2.74. The van der Waals surface area contributed by atoms with Crippen LogP contribution in [0.15, 0.2) is 41.6 Å². The topological polar surface area (TPSA) is 35.3 Å². The Morgan fingerprint density at radius 3 is 2.87 bits per heavy atom. The number of ether oxygens (including phenoxy) is 1. The molecule has 0 fully saturated rings. The molecule has 0 N–H and O–H groups in total. The fourth-order valence-corrected chi connectivity index (χ4v) is 1.41. The maximum atomic E-state index is 5.16. The maximum Gasteiger partial charge on any atom is 0.124 e. The van der Waals surface area contributed by atoms with Gasteiger partial charge in [0.25, 0.3) is 0 Å². The Bertz CT molecular complexity index is 460. The third kappa shape index (κ3) is 1.76. The van der Waals surface area contributed by atoms with Crippen LogP contribution in [0.3, 0.4) is 0 Å². The number of rotatable bonds is 3. The minimum absolute atomic E-state index is 0.781. The van der Waals surface area contributed by atoms with Gasteiger partial charge in [0.1, 0.15) is 17.7 Å². The predicted octanol–water partition coefficient (Wildman–Crippen LogP) is 2.99. The second kappa shape index (κ2) is 4.00. The summed E-state index contributed by atoms with van der Waals surface area (Å²) in [7, 11) is 1.63. The van der Waals surface area contributed by atoms with E-state index in [0.717, 1.165) is 22.6 Å². The van der Waals surface area contributed by atoms with E-state index < -0.39 is 0 Å². The van der Waals surface area contributed by atoms with E-state index in [-0.39, 0.29) is 0 Å².